The summed E-state index contributed by atoms with van der Waals surface area (Å²) < 4.78 is 26.6. The second-order valence-electron chi connectivity index (χ2n) is 11.5. The first-order chi connectivity index (χ1) is 20.7. The Morgan fingerprint density at radius 1 is 1.16 bits per heavy atom. The molecule has 1 aliphatic carbocycles. The van der Waals surface area contributed by atoms with Crippen LogP contribution in [0.1, 0.15) is 53.3 Å². The van der Waals surface area contributed by atoms with Crippen molar-refractivity contribution in [2.75, 3.05) is 39.2 Å². The third-order valence-corrected chi connectivity index (χ3v) is 9.52. The van der Waals surface area contributed by atoms with Gasteiger partial charge in [-0.15, -0.1) is 0 Å². The van der Waals surface area contributed by atoms with Crippen molar-refractivity contribution in [3.63, 3.8) is 0 Å². The van der Waals surface area contributed by atoms with Crippen LogP contribution in [0.3, 0.4) is 0 Å². The smallest absolute Gasteiger partial charge is 0.250 e. The molecule has 2 aliphatic heterocycles. The van der Waals surface area contributed by atoms with E-state index in [0.717, 1.165) is 18.4 Å². The summed E-state index contributed by atoms with van der Waals surface area (Å²) in [5.74, 6) is -0.716. The van der Waals surface area contributed by atoms with Crippen LogP contribution in [0.5, 0.6) is 5.75 Å². The lowest BCUT2D eigenvalue weighted by Gasteiger charge is -2.39. The maximum atomic E-state index is 16.0. The second kappa shape index (κ2) is 12.0. The molecule has 0 radical (unpaired) electrons. The minimum Gasteiger partial charge on any atom is -0.496 e. The molecule has 8 nitrogen and oxygen atoms in total. The maximum Gasteiger partial charge on any atom is 0.250 e. The molecule has 5 unspecified atom stereocenters. The van der Waals surface area contributed by atoms with Gasteiger partial charge in [-0.05, 0) is 60.2 Å². The largest absolute Gasteiger partial charge is 0.496 e. The third-order valence-electron chi connectivity index (χ3n) is 8.99. The van der Waals surface area contributed by atoms with Crippen LogP contribution in [0, 0.1) is 11.7 Å². The van der Waals surface area contributed by atoms with Crippen LogP contribution in [0.15, 0.2) is 54.6 Å². The Hall–Kier alpha value is -2.76. The van der Waals surface area contributed by atoms with Crippen LogP contribution >= 0.6 is 23.2 Å². The number of benzene rings is 3. The highest BCUT2D eigenvalue weighted by molar-refractivity contribution is 6.31. The number of aliphatic hydroxyl groups excluding tert-OH is 2. The lowest BCUT2D eigenvalue weighted by molar-refractivity contribution is -0.127. The number of ether oxygens (including phenoxy) is 2. The molecule has 0 aromatic heterocycles. The molecule has 5 atom stereocenters. The molecule has 6 rings (SSSR count). The number of likely N-dealkylation sites (tertiary alicyclic amines) is 1. The molecule has 3 aromatic carbocycles. The molecule has 3 aromatic rings. The van der Waals surface area contributed by atoms with Crippen LogP contribution < -0.4 is 15.4 Å². The van der Waals surface area contributed by atoms with Gasteiger partial charge in [0.2, 0.25) is 5.91 Å². The molecular weight excluding hydrogens is 596 g/mol. The zero-order valence-corrected chi connectivity index (χ0v) is 25.3. The first-order valence-corrected chi connectivity index (χ1v) is 15.0. The maximum absolute atomic E-state index is 16.0. The third kappa shape index (κ3) is 5.21. The summed E-state index contributed by atoms with van der Waals surface area (Å²) in [4.78, 5) is 16.4. The normalized spacial score (nSPS) is 24.7. The topological polar surface area (TPSA) is 103 Å². The van der Waals surface area contributed by atoms with Gasteiger partial charge in [-0.2, -0.15) is 0 Å². The van der Waals surface area contributed by atoms with E-state index in [1.54, 1.807) is 42.5 Å². The summed E-state index contributed by atoms with van der Waals surface area (Å²) in [7, 11) is 2.88. The first-order valence-electron chi connectivity index (χ1n) is 14.3. The Morgan fingerprint density at radius 2 is 1.95 bits per heavy atom. The molecule has 43 heavy (non-hydrogen) atoms. The fourth-order valence-corrected chi connectivity index (χ4v) is 7.21. The number of fused-ring (bicyclic) bond motifs is 2. The van der Waals surface area contributed by atoms with Crippen molar-refractivity contribution >= 4 is 34.8 Å². The summed E-state index contributed by atoms with van der Waals surface area (Å²) in [6, 6.07) is 14.3. The van der Waals surface area contributed by atoms with Crippen molar-refractivity contribution in [1.82, 2.24) is 10.2 Å². The average Bonchev–Trinajstić information content (AvgIpc) is 3.71. The van der Waals surface area contributed by atoms with Gasteiger partial charge in [-0.25, -0.2) is 4.39 Å². The molecule has 3 aliphatic rings. The number of rotatable bonds is 10. The van der Waals surface area contributed by atoms with E-state index in [0.29, 0.717) is 52.2 Å². The van der Waals surface area contributed by atoms with E-state index in [4.69, 9.17) is 32.7 Å². The van der Waals surface area contributed by atoms with E-state index >= 15 is 4.39 Å². The zero-order valence-electron chi connectivity index (χ0n) is 23.8. The number of amides is 1. The Kier molecular flexibility index (Phi) is 8.43. The van der Waals surface area contributed by atoms with E-state index < -0.39 is 35.6 Å². The fourth-order valence-electron chi connectivity index (χ4n) is 6.86. The van der Waals surface area contributed by atoms with Gasteiger partial charge in [-0.3, -0.25) is 9.69 Å². The number of methoxy groups -OCH3 is 2. The molecule has 1 saturated heterocycles. The van der Waals surface area contributed by atoms with Gasteiger partial charge in [0, 0.05) is 54.0 Å². The Bertz CT molecular complexity index is 1540. The van der Waals surface area contributed by atoms with Gasteiger partial charge in [0.15, 0.2) is 6.29 Å². The monoisotopic (exact) mass is 629 g/mol. The summed E-state index contributed by atoms with van der Waals surface area (Å²) in [5, 5.41) is 27.9. The Balaban J connectivity index is 1.48. The van der Waals surface area contributed by atoms with Gasteiger partial charge in [0.25, 0.3) is 0 Å². The lowest BCUT2D eigenvalue weighted by Crippen LogP contribution is -2.51. The summed E-state index contributed by atoms with van der Waals surface area (Å²) in [6.45, 7) is 0.787. The SMILES string of the molecule is COc1cc(C(CO)NC2CN(CC3CC3)C3(C(=O)Nc4cc(Cl)ccc43)C2c2cccc(Cl)c2F)ccc1C(O)OC. The highest BCUT2D eigenvalue weighted by atomic mass is 35.5. The highest BCUT2D eigenvalue weighted by Crippen LogP contribution is 2.57. The van der Waals surface area contributed by atoms with Crippen molar-refractivity contribution in [1.29, 1.82) is 0 Å². The number of nitrogens with one attached hydrogen (secondary N) is 2. The predicted octanol–water partition coefficient (Wildman–Crippen LogP) is 5.13. The van der Waals surface area contributed by atoms with Crippen LogP contribution in [-0.4, -0.2) is 61.0 Å². The molecular formula is C32H34Cl2FN3O5. The first kappa shape index (κ1) is 30.3. The summed E-state index contributed by atoms with van der Waals surface area (Å²) >= 11 is 12.7. The van der Waals surface area contributed by atoms with Gasteiger partial charge < -0.3 is 30.3 Å². The number of carbonyl (C=O) groups is 1. The van der Waals surface area contributed by atoms with E-state index in [2.05, 4.69) is 15.5 Å². The standard InChI is InChI=1S/C32H34Cl2FN3O5/c1-42-27-12-18(8-10-20(27)30(40)43-2)26(16-39)36-25-15-38(14-17-6-7-17)32(28(25)21-4-3-5-23(34)29(21)35)22-11-9-19(33)13-24(22)37-31(32)41/h3-5,8-13,17,25-26,28,30,36,39-40H,6-7,14-16H2,1-2H3,(H,37,41). The van der Waals surface area contributed by atoms with Crippen molar-refractivity contribution in [2.45, 2.75) is 42.7 Å². The van der Waals surface area contributed by atoms with Crippen molar-refractivity contribution in [3.05, 3.63) is 92.7 Å². The van der Waals surface area contributed by atoms with Crippen LogP contribution in [0.2, 0.25) is 10.0 Å². The summed E-state index contributed by atoms with van der Waals surface area (Å²) in [6.07, 6.45) is 0.948. The minimum atomic E-state index is -1.24. The number of hydrogen-bond acceptors (Lipinski definition) is 7. The van der Waals surface area contributed by atoms with Crippen molar-refractivity contribution in [2.24, 2.45) is 5.92 Å². The van der Waals surface area contributed by atoms with Crippen molar-refractivity contribution in [3.8, 4) is 5.75 Å². The number of aliphatic hydroxyl groups is 2. The van der Waals surface area contributed by atoms with Gasteiger partial charge >= 0.3 is 0 Å². The number of hydrogen-bond donors (Lipinski definition) is 4. The molecule has 1 spiro atoms. The molecule has 1 amide bonds. The number of anilines is 1. The zero-order chi connectivity index (χ0) is 30.5. The number of halogens is 3. The average molecular weight is 631 g/mol. The quantitative estimate of drug-likeness (QED) is 0.231. The molecule has 228 valence electrons. The van der Waals surface area contributed by atoms with Gasteiger partial charge in [0.05, 0.1) is 24.8 Å². The highest BCUT2D eigenvalue weighted by Gasteiger charge is 2.64. The molecule has 11 heteroatoms. The number of carbonyl (C=O) groups excluding carboxylic acids is 1. The predicted molar refractivity (Wildman–Crippen MR) is 162 cm³/mol. The molecule has 1 saturated carbocycles. The van der Waals surface area contributed by atoms with Gasteiger partial charge in [-0.1, -0.05) is 47.5 Å². The van der Waals surface area contributed by atoms with Gasteiger partial charge in [0.1, 0.15) is 17.1 Å². The van der Waals surface area contributed by atoms with Crippen LogP contribution in [-0.2, 0) is 15.1 Å². The summed E-state index contributed by atoms with van der Waals surface area (Å²) in [5.41, 5.74) is 1.54. The van der Waals surface area contributed by atoms with E-state index in [1.807, 2.05) is 6.07 Å². The van der Waals surface area contributed by atoms with E-state index in [1.165, 1.54) is 20.3 Å². The Morgan fingerprint density at radius 3 is 2.65 bits per heavy atom. The lowest BCUT2D eigenvalue weighted by atomic mass is 9.73. The van der Waals surface area contributed by atoms with Crippen molar-refractivity contribution < 1.29 is 28.9 Å². The molecule has 4 N–H and O–H groups in total. The van der Waals surface area contributed by atoms with Crippen LogP contribution in [0.4, 0.5) is 10.1 Å². The Labute approximate surface area is 259 Å². The second-order valence-corrected chi connectivity index (χ2v) is 12.3. The van der Waals surface area contributed by atoms with E-state index in [-0.39, 0.29) is 17.5 Å². The molecule has 2 heterocycles. The molecule has 0 bridgehead atoms. The van der Waals surface area contributed by atoms with E-state index in [9.17, 15) is 15.0 Å². The van der Waals surface area contributed by atoms with Crippen LogP contribution in [0.25, 0.3) is 0 Å². The minimum absolute atomic E-state index is 0.0301. The number of nitrogens with zero attached hydrogens (tertiary/aromatic N) is 1. The fraction of sp³-hybridized carbons (Fsp3) is 0.406. The molecule has 2 fully saturated rings.